The van der Waals surface area contributed by atoms with Gasteiger partial charge in [0, 0.05) is 6.20 Å². The molecular weight excluding hydrogens is 392 g/mol. The number of carbonyl (C=O) groups excluding carboxylic acids is 1. The molecule has 0 unspecified atom stereocenters. The van der Waals surface area contributed by atoms with E-state index in [1.165, 1.54) is 11.7 Å². The summed E-state index contributed by atoms with van der Waals surface area (Å²) in [6, 6.07) is 17.1. The third-order valence-electron chi connectivity index (χ3n) is 4.28. The molecule has 0 radical (unpaired) electrons. The molecule has 2 aromatic heterocycles. The van der Waals surface area contributed by atoms with Gasteiger partial charge in [-0.25, -0.2) is 9.97 Å². The lowest BCUT2D eigenvalue weighted by Gasteiger charge is -2.14. The molecule has 144 valence electrons. The minimum Gasteiger partial charge on any atom is -0.495 e. The number of nitrogens with one attached hydrogen (secondary N) is 1. The minimum absolute atomic E-state index is 0.281. The molecule has 0 aliphatic carbocycles. The van der Waals surface area contributed by atoms with Crippen molar-refractivity contribution in [3.8, 4) is 11.4 Å². The highest BCUT2D eigenvalue weighted by Crippen LogP contribution is 2.24. The number of pyridine rings is 1. The van der Waals surface area contributed by atoms with E-state index in [9.17, 15) is 9.59 Å². The Balaban J connectivity index is 1.93. The van der Waals surface area contributed by atoms with Crippen LogP contribution in [0.15, 0.2) is 71.7 Å². The lowest BCUT2D eigenvalue weighted by molar-refractivity contribution is 0.102. The molecule has 8 heteroatoms. The van der Waals surface area contributed by atoms with Gasteiger partial charge in [0.15, 0.2) is 11.3 Å². The maximum atomic E-state index is 13.3. The van der Waals surface area contributed by atoms with Crippen molar-refractivity contribution in [2.24, 2.45) is 0 Å². The van der Waals surface area contributed by atoms with Gasteiger partial charge < -0.3 is 10.1 Å². The number of benzene rings is 2. The number of hydrogen-bond donors (Lipinski definition) is 1. The minimum atomic E-state index is -0.669. The van der Waals surface area contributed by atoms with Crippen molar-refractivity contribution in [1.82, 2.24) is 14.5 Å². The number of fused-ring (bicyclic) bond motifs is 1. The number of rotatable bonds is 4. The molecule has 4 aromatic rings. The van der Waals surface area contributed by atoms with E-state index in [-0.39, 0.29) is 5.69 Å². The summed E-state index contributed by atoms with van der Waals surface area (Å²) < 4.78 is 6.71. The quantitative estimate of drug-likeness (QED) is 0.558. The van der Waals surface area contributed by atoms with E-state index in [2.05, 4.69) is 15.3 Å². The van der Waals surface area contributed by atoms with E-state index in [1.54, 1.807) is 66.9 Å². The Morgan fingerprint density at radius 2 is 1.83 bits per heavy atom. The number of amides is 1. The van der Waals surface area contributed by atoms with Crippen molar-refractivity contribution < 1.29 is 9.53 Å². The van der Waals surface area contributed by atoms with E-state index in [0.717, 1.165) is 0 Å². The molecule has 0 fully saturated rings. The third-order valence-corrected chi connectivity index (χ3v) is 4.61. The van der Waals surface area contributed by atoms with Crippen molar-refractivity contribution in [3.63, 3.8) is 0 Å². The van der Waals surface area contributed by atoms with Crippen LogP contribution in [0.5, 0.6) is 5.75 Å². The van der Waals surface area contributed by atoms with Crippen LogP contribution in [0.4, 0.5) is 5.69 Å². The van der Waals surface area contributed by atoms with Gasteiger partial charge in [-0.1, -0.05) is 35.9 Å². The number of methoxy groups -OCH3 is 1. The summed E-state index contributed by atoms with van der Waals surface area (Å²) in [5.41, 5.74) is 0.647. The molecule has 1 N–H and O–H groups in total. The first-order chi connectivity index (χ1) is 14.1. The predicted molar refractivity (Wildman–Crippen MR) is 111 cm³/mol. The van der Waals surface area contributed by atoms with Crippen LogP contribution in [0, 0.1) is 0 Å². The molecule has 0 aliphatic rings. The van der Waals surface area contributed by atoms with E-state index in [0.29, 0.717) is 33.3 Å². The molecule has 4 rings (SSSR count). The molecule has 0 aliphatic heterocycles. The fourth-order valence-electron chi connectivity index (χ4n) is 2.95. The Bertz CT molecular complexity index is 1290. The first-order valence-electron chi connectivity index (χ1n) is 8.67. The standard InChI is InChI=1S/C21H15ClN4O3/c1-29-17-11-5-4-10-16(17)26-19-15(9-6-12-23-19)24-18(21(26)28)20(27)25-14-8-3-2-7-13(14)22/h2-12H,1H3,(H,25,27). The van der Waals surface area contributed by atoms with Crippen molar-refractivity contribution in [2.45, 2.75) is 0 Å². The average molecular weight is 407 g/mol. The third kappa shape index (κ3) is 3.43. The SMILES string of the molecule is COc1ccccc1-n1c(=O)c(C(=O)Nc2ccccc2Cl)nc2cccnc21. The van der Waals surface area contributed by atoms with E-state index < -0.39 is 11.5 Å². The molecule has 0 atom stereocenters. The number of anilines is 1. The van der Waals surface area contributed by atoms with Crippen LogP contribution in [0.25, 0.3) is 16.9 Å². The lowest BCUT2D eigenvalue weighted by atomic mass is 10.2. The van der Waals surface area contributed by atoms with Gasteiger partial charge in [0.1, 0.15) is 11.3 Å². The molecule has 2 heterocycles. The number of para-hydroxylation sites is 3. The van der Waals surface area contributed by atoms with Gasteiger partial charge in [-0.05, 0) is 36.4 Å². The van der Waals surface area contributed by atoms with Crippen LogP contribution in [-0.4, -0.2) is 27.6 Å². The molecule has 0 saturated heterocycles. The summed E-state index contributed by atoms with van der Waals surface area (Å²) in [5.74, 6) is -0.206. The first-order valence-corrected chi connectivity index (χ1v) is 9.05. The van der Waals surface area contributed by atoms with Crippen molar-refractivity contribution in [3.05, 3.63) is 87.9 Å². The average Bonchev–Trinajstić information content (AvgIpc) is 2.75. The maximum Gasteiger partial charge on any atom is 0.288 e. The molecule has 0 bridgehead atoms. The Morgan fingerprint density at radius 1 is 1.07 bits per heavy atom. The van der Waals surface area contributed by atoms with Crippen LogP contribution < -0.4 is 15.6 Å². The van der Waals surface area contributed by atoms with Crippen LogP contribution in [0.2, 0.25) is 5.02 Å². The Morgan fingerprint density at radius 3 is 2.62 bits per heavy atom. The molecule has 0 saturated carbocycles. The number of aromatic nitrogens is 3. The van der Waals surface area contributed by atoms with Crippen LogP contribution in [-0.2, 0) is 0 Å². The van der Waals surface area contributed by atoms with Gasteiger partial charge in [0.05, 0.1) is 23.5 Å². The van der Waals surface area contributed by atoms with E-state index in [4.69, 9.17) is 16.3 Å². The zero-order chi connectivity index (χ0) is 20.4. The predicted octanol–water partition coefficient (Wildman–Crippen LogP) is 3.70. The maximum absolute atomic E-state index is 13.3. The second kappa shape index (κ2) is 7.73. The second-order valence-electron chi connectivity index (χ2n) is 6.05. The van der Waals surface area contributed by atoms with Gasteiger partial charge in [-0.3, -0.25) is 14.2 Å². The molecule has 29 heavy (non-hydrogen) atoms. The van der Waals surface area contributed by atoms with Crippen LogP contribution >= 0.6 is 11.6 Å². The Labute approximate surface area is 170 Å². The molecular formula is C21H15ClN4O3. The molecule has 1 amide bonds. The zero-order valence-corrected chi connectivity index (χ0v) is 16.1. The number of carbonyl (C=O) groups is 1. The first kappa shape index (κ1) is 18.6. The molecule has 2 aromatic carbocycles. The van der Waals surface area contributed by atoms with Crippen LogP contribution in [0.3, 0.4) is 0 Å². The summed E-state index contributed by atoms with van der Waals surface area (Å²) in [6.07, 6.45) is 1.55. The zero-order valence-electron chi connectivity index (χ0n) is 15.3. The highest BCUT2D eigenvalue weighted by atomic mass is 35.5. The number of hydrogen-bond acceptors (Lipinski definition) is 5. The van der Waals surface area contributed by atoms with Gasteiger partial charge in [0.2, 0.25) is 0 Å². The fourth-order valence-corrected chi connectivity index (χ4v) is 3.13. The topological polar surface area (TPSA) is 86.1 Å². The van der Waals surface area contributed by atoms with Crippen molar-refractivity contribution in [1.29, 1.82) is 0 Å². The fraction of sp³-hybridized carbons (Fsp3) is 0.0476. The highest BCUT2D eigenvalue weighted by Gasteiger charge is 2.21. The normalized spacial score (nSPS) is 10.7. The van der Waals surface area contributed by atoms with Crippen molar-refractivity contribution >= 4 is 34.4 Å². The molecule has 7 nitrogen and oxygen atoms in total. The highest BCUT2D eigenvalue weighted by molar-refractivity contribution is 6.33. The van der Waals surface area contributed by atoms with Gasteiger partial charge in [-0.2, -0.15) is 0 Å². The number of ether oxygens (including phenoxy) is 1. The summed E-state index contributed by atoms with van der Waals surface area (Å²) >= 11 is 6.11. The summed E-state index contributed by atoms with van der Waals surface area (Å²) in [6.45, 7) is 0. The van der Waals surface area contributed by atoms with Crippen LogP contribution in [0.1, 0.15) is 10.5 Å². The second-order valence-corrected chi connectivity index (χ2v) is 6.46. The van der Waals surface area contributed by atoms with Gasteiger partial charge in [0.25, 0.3) is 11.5 Å². The van der Waals surface area contributed by atoms with E-state index in [1.807, 2.05) is 0 Å². The number of halogens is 1. The van der Waals surface area contributed by atoms with Gasteiger partial charge in [-0.15, -0.1) is 0 Å². The summed E-state index contributed by atoms with van der Waals surface area (Å²) in [4.78, 5) is 34.7. The van der Waals surface area contributed by atoms with Gasteiger partial charge >= 0.3 is 0 Å². The summed E-state index contributed by atoms with van der Waals surface area (Å²) in [5, 5.41) is 3.00. The largest absolute Gasteiger partial charge is 0.495 e. The monoisotopic (exact) mass is 406 g/mol. The van der Waals surface area contributed by atoms with E-state index >= 15 is 0 Å². The smallest absolute Gasteiger partial charge is 0.288 e. The number of nitrogens with zero attached hydrogens (tertiary/aromatic N) is 3. The lowest BCUT2D eigenvalue weighted by Crippen LogP contribution is -2.31. The Kier molecular flexibility index (Phi) is 4.97. The summed E-state index contributed by atoms with van der Waals surface area (Å²) in [7, 11) is 1.51. The Hall–Kier alpha value is -3.71. The molecule has 0 spiro atoms. The van der Waals surface area contributed by atoms with Crippen molar-refractivity contribution in [2.75, 3.05) is 12.4 Å².